The molecule has 1 heterocycles. The fourth-order valence-electron chi connectivity index (χ4n) is 2.53. The largest absolute Gasteiger partial charge is 0.480 e. The molecule has 1 rings (SSSR count). The van der Waals surface area contributed by atoms with Crippen molar-refractivity contribution < 1.29 is 19.4 Å². The number of amides is 2. The first-order valence-corrected chi connectivity index (χ1v) is 7.59. The Morgan fingerprint density at radius 1 is 1.43 bits per heavy atom. The van der Waals surface area contributed by atoms with Gasteiger partial charge in [0.15, 0.2) is 0 Å². The summed E-state index contributed by atoms with van der Waals surface area (Å²) in [7, 11) is 1.51. The van der Waals surface area contributed by atoms with Gasteiger partial charge in [-0.25, -0.2) is 9.59 Å². The van der Waals surface area contributed by atoms with Gasteiger partial charge in [0.05, 0.1) is 0 Å². The van der Waals surface area contributed by atoms with E-state index in [0.717, 1.165) is 32.4 Å². The van der Waals surface area contributed by atoms with E-state index >= 15 is 0 Å². The fraction of sp³-hybridized carbons (Fsp3) is 0.857. The molecular formula is C14H27N3O4. The number of aliphatic carboxylic acids is 1. The lowest BCUT2D eigenvalue weighted by Gasteiger charge is -2.35. The number of hydrogen-bond donors (Lipinski definition) is 3. The van der Waals surface area contributed by atoms with Gasteiger partial charge < -0.3 is 25.4 Å². The second kappa shape index (κ2) is 9.57. The number of piperidine rings is 1. The minimum absolute atomic E-state index is 0.183. The second-order valence-corrected chi connectivity index (χ2v) is 5.30. The Morgan fingerprint density at radius 3 is 2.62 bits per heavy atom. The molecular weight excluding hydrogens is 274 g/mol. The fourth-order valence-corrected chi connectivity index (χ4v) is 2.53. The van der Waals surface area contributed by atoms with Gasteiger partial charge in [-0.3, -0.25) is 0 Å². The van der Waals surface area contributed by atoms with Gasteiger partial charge in [-0.1, -0.05) is 6.92 Å². The molecule has 122 valence electrons. The van der Waals surface area contributed by atoms with Gasteiger partial charge in [0, 0.05) is 32.7 Å². The maximum absolute atomic E-state index is 12.4. The molecule has 7 nitrogen and oxygen atoms in total. The third-order valence-corrected chi connectivity index (χ3v) is 3.68. The SMILES string of the molecule is CCCN(C(=O)NC(CCOC)C(=O)O)C1CCNCC1. The van der Waals surface area contributed by atoms with E-state index in [1.807, 2.05) is 6.92 Å². The van der Waals surface area contributed by atoms with Gasteiger partial charge in [0.2, 0.25) is 0 Å². The van der Waals surface area contributed by atoms with E-state index in [4.69, 9.17) is 4.74 Å². The summed E-state index contributed by atoms with van der Waals surface area (Å²) in [6.45, 7) is 4.75. The van der Waals surface area contributed by atoms with Crippen LogP contribution in [0.25, 0.3) is 0 Å². The first kappa shape index (κ1) is 17.7. The highest BCUT2D eigenvalue weighted by molar-refractivity contribution is 5.82. The average Bonchev–Trinajstić information content (AvgIpc) is 2.49. The van der Waals surface area contributed by atoms with E-state index in [1.165, 1.54) is 7.11 Å². The maximum atomic E-state index is 12.4. The molecule has 21 heavy (non-hydrogen) atoms. The number of methoxy groups -OCH3 is 1. The molecule has 0 saturated carbocycles. The highest BCUT2D eigenvalue weighted by atomic mass is 16.5. The van der Waals surface area contributed by atoms with Crippen molar-refractivity contribution in [2.45, 2.75) is 44.7 Å². The summed E-state index contributed by atoms with van der Waals surface area (Å²) in [5, 5.41) is 15.1. The maximum Gasteiger partial charge on any atom is 0.326 e. The molecule has 2 amide bonds. The number of carboxylic acid groups (broad SMARTS) is 1. The van der Waals surface area contributed by atoms with Crippen LogP contribution in [0.3, 0.4) is 0 Å². The molecule has 3 N–H and O–H groups in total. The third-order valence-electron chi connectivity index (χ3n) is 3.68. The van der Waals surface area contributed by atoms with Crippen molar-refractivity contribution in [3.8, 4) is 0 Å². The molecule has 1 aliphatic heterocycles. The van der Waals surface area contributed by atoms with E-state index in [0.29, 0.717) is 13.2 Å². The highest BCUT2D eigenvalue weighted by Gasteiger charge is 2.28. The van der Waals surface area contributed by atoms with Crippen molar-refractivity contribution in [3.63, 3.8) is 0 Å². The van der Waals surface area contributed by atoms with Gasteiger partial charge in [-0.2, -0.15) is 0 Å². The van der Waals surface area contributed by atoms with Crippen molar-refractivity contribution in [2.24, 2.45) is 0 Å². The van der Waals surface area contributed by atoms with Crippen LogP contribution in [0.4, 0.5) is 4.79 Å². The summed E-state index contributed by atoms with van der Waals surface area (Å²) < 4.78 is 4.89. The lowest BCUT2D eigenvalue weighted by Crippen LogP contribution is -2.53. The molecule has 0 aromatic heterocycles. The van der Waals surface area contributed by atoms with Crippen LogP contribution in [0, 0.1) is 0 Å². The standard InChI is InChI=1S/C14H27N3O4/c1-3-9-17(11-4-7-15-8-5-11)14(20)16-12(13(18)19)6-10-21-2/h11-12,15H,3-10H2,1-2H3,(H,16,20)(H,18,19). The number of rotatable bonds is 8. The van der Waals surface area contributed by atoms with E-state index in [-0.39, 0.29) is 18.5 Å². The van der Waals surface area contributed by atoms with Gasteiger partial charge >= 0.3 is 12.0 Å². The summed E-state index contributed by atoms with van der Waals surface area (Å²) in [6, 6.07) is -1.01. The Labute approximate surface area is 126 Å². The van der Waals surface area contributed by atoms with E-state index in [9.17, 15) is 14.7 Å². The second-order valence-electron chi connectivity index (χ2n) is 5.30. The van der Waals surface area contributed by atoms with Crippen LogP contribution in [0.5, 0.6) is 0 Å². The number of carboxylic acids is 1. The number of ether oxygens (including phenoxy) is 1. The Kier molecular flexibility index (Phi) is 8.07. The zero-order valence-corrected chi connectivity index (χ0v) is 12.9. The molecule has 0 radical (unpaired) electrons. The molecule has 1 saturated heterocycles. The zero-order valence-electron chi connectivity index (χ0n) is 12.9. The van der Waals surface area contributed by atoms with Crippen LogP contribution < -0.4 is 10.6 Å². The third kappa shape index (κ3) is 5.89. The van der Waals surface area contributed by atoms with Gasteiger partial charge in [0.1, 0.15) is 6.04 Å². The molecule has 7 heteroatoms. The number of carbonyl (C=O) groups is 2. The van der Waals surface area contributed by atoms with Gasteiger partial charge in [0.25, 0.3) is 0 Å². The van der Waals surface area contributed by atoms with Crippen LogP contribution in [-0.4, -0.2) is 67.4 Å². The molecule has 1 unspecified atom stereocenters. The van der Waals surface area contributed by atoms with Crippen molar-refractivity contribution in [3.05, 3.63) is 0 Å². The van der Waals surface area contributed by atoms with Crippen molar-refractivity contribution in [1.82, 2.24) is 15.5 Å². The van der Waals surface area contributed by atoms with E-state index < -0.39 is 12.0 Å². The van der Waals surface area contributed by atoms with E-state index in [2.05, 4.69) is 10.6 Å². The summed E-state index contributed by atoms with van der Waals surface area (Å²) in [6.07, 6.45) is 2.93. The average molecular weight is 301 g/mol. The molecule has 1 atom stereocenters. The van der Waals surface area contributed by atoms with Crippen molar-refractivity contribution in [1.29, 1.82) is 0 Å². The summed E-state index contributed by atoms with van der Waals surface area (Å²) in [5.74, 6) is -1.03. The first-order valence-electron chi connectivity index (χ1n) is 7.59. The smallest absolute Gasteiger partial charge is 0.326 e. The normalized spacial score (nSPS) is 17.2. The monoisotopic (exact) mass is 301 g/mol. The summed E-state index contributed by atoms with van der Waals surface area (Å²) in [5.41, 5.74) is 0. The topological polar surface area (TPSA) is 90.9 Å². The molecule has 0 aromatic rings. The zero-order chi connectivity index (χ0) is 15.7. The lowest BCUT2D eigenvalue weighted by molar-refractivity contribution is -0.139. The van der Waals surface area contributed by atoms with Crippen LogP contribution in [-0.2, 0) is 9.53 Å². The minimum atomic E-state index is -1.03. The van der Waals surface area contributed by atoms with Crippen LogP contribution in [0.2, 0.25) is 0 Å². The van der Waals surface area contributed by atoms with Crippen LogP contribution in [0.1, 0.15) is 32.6 Å². The van der Waals surface area contributed by atoms with Crippen LogP contribution >= 0.6 is 0 Å². The number of nitrogens with one attached hydrogen (secondary N) is 2. The number of hydrogen-bond acceptors (Lipinski definition) is 4. The summed E-state index contributed by atoms with van der Waals surface area (Å²) in [4.78, 5) is 25.4. The van der Waals surface area contributed by atoms with Crippen molar-refractivity contribution >= 4 is 12.0 Å². The Bertz CT molecular complexity index is 332. The Hall–Kier alpha value is -1.34. The molecule has 1 fully saturated rings. The number of carbonyl (C=O) groups excluding carboxylic acids is 1. The van der Waals surface area contributed by atoms with E-state index in [1.54, 1.807) is 4.90 Å². The number of urea groups is 1. The predicted octanol–water partition coefficient (Wildman–Crippen LogP) is 0.650. The Balaban J connectivity index is 2.63. The molecule has 0 spiro atoms. The van der Waals surface area contributed by atoms with Gasteiger partial charge in [-0.05, 0) is 32.4 Å². The quantitative estimate of drug-likeness (QED) is 0.612. The minimum Gasteiger partial charge on any atom is -0.480 e. The first-order chi connectivity index (χ1) is 10.1. The molecule has 0 aromatic carbocycles. The molecule has 0 bridgehead atoms. The predicted molar refractivity (Wildman–Crippen MR) is 79.3 cm³/mol. The highest BCUT2D eigenvalue weighted by Crippen LogP contribution is 2.13. The number of nitrogens with zero attached hydrogens (tertiary/aromatic N) is 1. The molecule has 0 aliphatic carbocycles. The molecule has 1 aliphatic rings. The Morgan fingerprint density at radius 2 is 2.10 bits per heavy atom. The van der Waals surface area contributed by atoms with Crippen LogP contribution in [0.15, 0.2) is 0 Å². The summed E-state index contributed by atoms with van der Waals surface area (Å²) >= 11 is 0. The van der Waals surface area contributed by atoms with Gasteiger partial charge in [-0.15, -0.1) is 0 Å². The van der Waals surface area contributed by atoms with Crippen molar-refractivity contribution in [2.75, 3.05) is 33.4 Å². The lowest BCUT2D eigenvalue weighted by atomic mass is 10.0.